The molecule has 3 heterocycles. The SMILES string of the molecule is Cc1cc(C)c(-c2ccnc(-n3c4cc(Oc5cc(-c6nccn6-c6c(C)cc(C(C)(C)C)cc6C)ccc5-c5c(C)cccc5C)ccc4c4ccc(C(C)(C)C)cc43)c2)c(C)c1. The van der Waals surface area contributed by atoms with Crippen LogP contribution in [-0.2, 0) is 10.8 Å². The molecule has 0 saturated heterocycles. The lowest BCUT2D eigenvalue weighted by atomic mass is 9.84. The molecule has 0 aliphatic heterocycles. The second kappa shape index (κ2) is 15.8. The van der Waals surface area contributed by atoms with Gasteiger partial charge in [0.2, 0.25) is 0 Å². The maximum Gasteiger partial charge on any atom is 0.144 e. The summed E-state index contributed by atoms with van der Waals surface area (Å²) < 4.78 is 11.7. The van der Waals surface area contributed by atoms with Gasteiger partial charge in [-0.15, -0.1) is 0 Å². The minimum absolute atomic E-state index is 0.0355. The van der Waals surface area contributed by atoms with Crippen LogP contribution in [0.4, 0.5) is 0 Å². The number of imidazole rings is 1. The summed E-state index contributed by atoms with van der Waals surface area (Å²) in [5, 5.41) is 2.32. The fraction of sp³-hybridized carbons (Fsp3) is 0.254. The lowest BCUT2D eigenvalue weighted by Crippen LogP contribution is -2.13. The molecule has 3 aromatic heterocycles. The third kappa shape index (κ3) is 7.61. The number of aryl methyl sites for hydroxylation is 7. The normalized spacial score (nSPS) is 12.1. The van der Waals surface area contributed by atoms with E-state index in [1.165, 1.54) is 66.6 Å². The van der Waals surface area contributed by atoms with Crippen molar-refractivity contribution in [2.45, 2.75) is 101 Å². The summed E-state index contributed by atoms with van der Waals surface area (Å²) in [6.07, 6.45) is 5.92. The first-order valence-electron chi connectivity index (χ1n) is 22.5. The van der Waals surface area contributed by atoms with Gasteiger partial charge >= 0.3 is 0 Å². The van der Waals surface area contributed by atoms with Crippen LogP contribution in [0.15, 0.2) is 128 Å². The van der Waals surface area contributed by atoms with Crippen molar-refractivity contribution in [1.82, 2.24) is 19.1 Å². The average Bonchev–Trinajstić information content (AvgIpc) is 3.82. The van der Waals surface area contributed by atoms with Crippen molar-refractivity contribution < 1.29 is 4.74 Å². The first kappa shape index (κ1) is 42.6. The van der Waals surface area contributed by atoms with Crippen molar-refractivity contribution >= 4 is 21.8 Å². The molecule has 0 atom stereocenters. The number of rotatable bonds is 7. The van der Waals surface area contributed by atoms with Crippen molar-refractivity contribution in [3.8, 4) is 56.6 Å². The molecule has 0 amide bonds. The van der Waals surface area contributed by atoms with Crippen LogP contribution in [0.2, 0.25) is 0 Å². The molecule has 6 aromatic carbocycles. The van der Waals surface area contributed by atoms with Gasteiger partial charge in [0, 0.05) is 46.6 Å². The molecule has 9 rings (SSSR count). The van der Waals surface area contributed by atoms with Gasteiger partial charge in [-0.25, -0.2) is 9.97 Å². The van der Waals surface area contributed by atoms with Gasteiger partial charge < -0.3 is 4.74 Å². The predicted molar refractivity (Wildman–Crippen MR) is 269 cm³/mol. The van der Waals surface area contributed by atoms with Gasteiger partial charge in [0.15, 0.2) is 0 Å². The molecule has 0 aliphatic rings. The van der Waals surface area contributed by atoms with Crippen LogP contribution in [0.5, 0.6) is 11.5 Å². The summed E-state index contributed by atoms with van der Waals surface area (Å²) in [5.41, 5.74) is 20.1. The Morgan fingerprint density at radius 3 is 1.80 bits per heavy atom. The third-order valence-electron chi connectivity index (χ3n) is 13.0. The van der Waals surface area contributed by atoms with Gasteiger partial charge in [0.1, 0.15) is 23.1 Å². The first-order valence-corrected chi connectivity index (χ1v) is 22.5. The molecule has 0 unspecified atom stereocenters. The summed E-state index contributed by atoms with van der Waals surface area (Å²) >= 11 is 0. The van der Waals surface area contributed by atoms with Crippen molar-refractivity contribution in [3.63, 3.8) is 0 Å². The highest BCUT2D eigenvalue weighted by Crippen LogP contribution is 2.43. The number of nitrogens with zero attached hydrogens (tertiary/aromatic N) is 4. The van der Waals surface area contributed by atoms with E-state index in [0.29, 0.717) is 0 Å². The molecule has 0 saturated carbocycles. The molecular formula is C59H60N4O. The highest BCUT2D eigenvalue weighted by atomic mass is 16.5. The smallest absolute Gasteiger partial charge is 0.144 e. The molecule has 64 heavy (non-hydrogen) atoms. The standard InChI is InChI=1S/C59H60N4O/c1-35-27-38(4)54(39(5)28-35)42-23-24-60-53(32-42)63-50-33-44(58(8,9)10)18-21-47(50)48-22-19-46(34-51(48)63)64-52-31-43(17-20-49(52)55-36(2)15-14-16-37(55)3)57-61-25-26-62(57)56-40(6)29-45(30-41(56)7)59(11,12)13/h14-34H,1-13H3. The Morgan fingerprint density at radius 2 is 1.14 bits per heavy atom. The van der Waals surface area contributed by atoms with Crippen molar-refractivity contribution in [2.24, 2.45) is 0 Å². The lowest BCUT2D eigenvalue weighted by molar-refractivity contribution is 0.485. The zero-order valence-corrected chi connectivity index (χ0v) is 39.8. The van der Waals surface area contributed by atoms with E-state index in [0.717, 1.165) is 61.9 Å². The number of ether oxygens (including phenoxy) is 1. The van der Waals surface area contributed by atoms with E-state index in [1.807, 2.05) is 12.4 Å². The Hall–Kier alpha value is -6.72. The van der Waals surface area contributed by atoms with Gasteiger partial charge in [-0.3, -0.25) is 9.13 Å². The van der Waals surface area contributed by atoms with Gasteiger partial charge in [-0.05, 0) is 163 Å². The van der Waals surface area contributed by atoms with E-state index in [-0.39, 0.29) is 10.8 Å². The largest absolute Gasteiger partial charge is 0.457 e. The van der Waals surface area contributed by atoms with Gasteiger partial charge in [-0.1, -0.05) is 108 Å². The highest BCUT2D eigenvalue weighted by Gasteiger charge is 2.23. The number of pyridine rings is 1. The van der Waals surface area contributed by atoms with Gasteiger partial charge in [0.05, 0.1) is 16.7 Å². The Bertz CT molecular complexity index is 3220. The van der Waals surface area contributed by atoms with E-state index < -0.39 is 0 Å². The molecule has 322 valence electrons. The number of benzene rings is 6. The molecule has 5 heteroatoms. The third-order valence-corrected chi connectivity index (χ3v) is 13.0. The van der Waals surface area contributed by atoms with E-state index in [9.17, 15) is 0 Å². The van der Waals surface area contributed by atoms with Crippen LogP contribution in [0.1, 0.15) is 91.6 Å². The van der Waals surface area contributed by atoms with Crippen LogP contribution in [0, 0.1) is 48.5 Å². The molecule has 9 aromatic rings. The number of aromatic nitrogens is 4. The number of fused-ring (bicyclic) bond motifs is 3. The quantitative estimate of drug-likeness (QED) is 0.161. The summed E-state index contributed by atoms with van der Waals surface area (Å²) in [5.74, 6) is 3.24. The molecule has 0 spiro atoms. The molecule has 0 N–H and O–H groups in total. The van der Waals surface area contributed by atoms with E-state index >= 15 is 0 Å². The van der Waals surface area contributed by atoms with Crippen LogP contribution < -0.4 is 4.74 Å². The Kier molecular flexibility index (Phi) is 10.5. The second-order valence-corrected chi connectivity index (χ2v) is 20.1. The predicted octanol–water partition coefficient (Wildman–Crippen LogP) is 15.9. The van der Waals surface area contributed by atoms with Crippen LogP contribution in [0.3, 0.4) is 0 Å². The number of hydrogen-bond acceptors (Lipinski definition) is 3. The average molecular weight is 841 g/mol. The van der Waals surface area contributed by atoms with Crippen molar-refractivity contribution in [2.75, 3.05) is 0 Å². The van der Waals surface area contributed by atoms with E-state index in [1.54, 1.807) is 0 Å². The fourth-order valence-electron chi connectivity index (χ4n) is 9.89. The first-order chi connectivity index (χ1) is 30.4. The monoisotopic (exact) mass is 840 g/mol. The Labute approximate surface area is 379 Å². The zero-order chi connectivity index (χ0) is 45.4. The molecule has 0 radical (unpaired) electrons. The van der Waals surface area contributed by atoms with Gasteiger partial charge in [0.25, 0.3) is 0 Å². The highest BCUT2D eigenvalue weighted by molar-refractivity contribution is 6.10. The molecule has 0 bridgehead atoms. The Morgan fingerprint density at radius 1 is 0.500 bits per heavy atom. The minimum atomic E-state index is -0.0355. The molecule has 0 fully saturated rings. The Balaban J connectivity index is 1.23. The minimum Gasteiger partial charge on any atom is -0.457 e. The summed E-state index contributed by atoms with van der Waals surface area (Å²) in [7, 11) is 0. The van der Waals surface area contributed by atoms with Crippen LogP contribution in [0.25, 0.3) is 67.0 Å². The summed E-state index contributed by atoms with van der Waals surface area (Å²) in [6, 6.07) is 40.0. The second-order valence-electron chi connectivity index (χ2n) is 20.1. The lowest BCUT2D eigenvalue weighted by Gasteiger charge is -2.23. The fourth-order valence-corrected chi connectivity index (χ4v) is 9.89. The summed E-state index contributed by atoms with van der Waals surface area (Å²) in [6.45, 7) is 29.0. The van der Waals surface area contributed by atoms with Gasteiger partial charge in [-0.2, -0.15) is 0 Å². The van der Waals surface area contributed by atoms with Crippen molar-refractivity contribution in [3.05, 3.63) is 178 Å². The molecule has 0 aliphatic carbocycles. The maximum absolute atomic E-state index is 7.20. The molecule has 5 nitrogen and oxygen atoms in total. The zero-order valence-electron chi connectivity index (χ0n) is 39.8. The van der Waals surface area contributed by atoms with Crippen LogP contribution >= 0.6 is 0 Å². The maximum atomic E-state index is 7.20. The topological polar surface area (TPSA) is 44.9 Å². The number of hydrogen-bond donors (Lipinski definition) is 0. The molecular weight excluding hydrogens is 781 g/mol. The van der Waals surface area contributed by atoms with E-state index in [4.69, 9.17) is 14.7 Å². The van der Waals surface area contributed by atoms with Crippen LogP contribution in [-0.4, -0.2) is 19.1 Å². The van der Waals surface area contributed by atoms with E-state index in [2.05, 4.69) is 215 Å². The van der Waals surface area contributed by atoms with Crippen molar-refractivity contribution in [1.29, 1.82) is 0 Å². The summed E-state index contributed by atoms with van der Waals surface area (Å²) in [4.78, 5) is 10.1.